The Morgan fingerprint density at radius 3 is 2.47 bits per heavy atom. The molecule has 4 fully saturated rings. The second-order valence-corrected chi connectivity index (χ2v) is 14.3. The van der Waals surface area contributed by atoms with Crippen molar-refractivity contribution in [2.24, 2.45) is 58.7 Å². The van der Waals surface area contributed by atoms with Crippen LogP contribution in [-0.4, -0.2) is 53.6 Å². The van der Waals surface area contributed by atoms with Gasteiger partial charge in [-0.1, -0.05) is 34.1 Å². The largest absolute Gasteiger partial charge is 1.00 e. The Morgan fingerprint density at radius 1 is 1.14 bits per heavy atom. The molecule has 0 bridgehead atoms. The van der Waals surface area contributed by atoms with E-state index in [1.54, 1.807) is 0 Å². The van der Waals surface area contributed by atoms with Crippen LogP contribution in [-0.2, 0) is 14.9 Å². The first-order chi connectivity index (χ1) is 16.4. The maximum Gasteiger partial charge on any atom is 1.00 e. The summed E-state index contributed by atoms with van der Waals surface area (Å²) in [5, 5.41) is 24.8. The summed E-state index contributed by atoms with van der Waals surface area (Å²) >= 11 is 0. The smallest absolute Gasteiger partial charge is 0.748 e. The SMILES string of the molecule is CC[C@H]1[C@@H](O)[C@H]2[C@@H]3CC[C@H]([C@H](C)CC(=O)NCCS(=O)(=O)[O-])[C@H]3[C@H](C)C[C@@H]2[C@@]2(C)CC[C@@H](O)C[C@@H]12.[Na+]. The summed E-state index contributed by atoms with van der Waals surface area (Å²) in [4.78, 5) is 12.5. The molecule has 12 atom stereocenters. The third-order valence-electron chi connectivity index (χ3n) is 11.0. The third-order valence-corrected chi connectivity index (χ3v) is 11.7. The van der Waals surface area contributed by atoms with E-state index in [1.165, 1.54) is 0 Å². The third kappa shape index (κ3) is 5.90. The summed E-state index contributed by atoms with van der Waals surface area (Å²) in [6, 6.07) is 0. The summed E-state index contributed by atoms with van der Waals surface area (Å²) in [7, 11) is -4.33. The first-order valence-electron chi connectivity index (χ1n) is 13.9. The molecule has 0 radical (unpaired) electrons. The number of hydrogen-bond acceptors (Lipinski definition) is 6. The average Bonchev–Trinajstić information content (AvgIpc) is 3.21. The van der Waals surface area contributed by atoms with Crippen LogP contribution in [0.25, 0.3) is 0 Å². The van der Waals surface area contributed by atoms with Gasteiger partial charge >= 0.3 is 29.6 Å². The van der Waals surface area contributed by atoms with Gasteiger partial charge in [-0.25, -0.2) is 8.42 Å². The zero-order valence-electron chi connectivity index (χ0n) is 22.9. The maximum absolute atomic E-state index is 12.5. The monoisotopic (exact) mass is 535 g/mol. The van der Waals surface area contributed by atoms with E-state index in [-0.39, 0.29) is 71.5 Å². The first kappa shape index (κ1) is 30.8. The number of hydrogen-bond donors (Lipinski definition) is 3. The molecule has 4 rings (SSSR count). The van der Waals surface area contributed by atoms with Crippen LogP contribution in [0.2, 0.25) is 0 Å². The van der Waals surface area contributed by atoms with Crippen molar-refractivity contribution in [2.75, 3.05) is 12.3 Å². The molecule has 0 aliphatic heterocycles. The normalized spacial score (nSPS) is 45.0. The zero-order chi connectivity index (χ0) is 25.7. The van der Waals surface area contributed by atoms with E-state index in [0.717, 1.165) is 44.9 Å². The minimum absolute atomic E-state index is 0. The molecule has 36 heavy (non-hydrogen) atoms. The van der Waals surface area contributed by atoms with Crippen molar-refractivity contribution in [3.8, 4) is 0 Å². The number of carbonyl (C=O) groups is 1. The van der Waals surface area contributed by atoms with Crippen LogP contribution in [0.5, 0.6) is 0 Å². The van der Waals surface area contributed by atoms with Crippen LogP contribution < -0.4 is 34.9 Å². The van der Waals surface area contributed by atoms with Gasteiger partial charge in [-0.05, 0) is 97.2 Å². The van der Waals surface area contributed by atoms with Crippen LogP contribution in [0.4, 0.5) is 0 Å². The fraction of sp³-hybridized carbons (Fsp3) is 0.963. The fourth-order valence-electron chi connectivity index (χ4n) is 9.61. The number of amides is 1. The van der Waals surface area contributed by atoms with Gasteiger partial charge in [-0.3, -0.25) is 4.79 Å². The second-order valence-electron chi connectivity index (χ2n) is 12.8. The van der Waals surface area contributed by atoms with Crippen LogP contribution in [0.3, 0.4) is 0 Å². The minimum atomic E-state index is -4.33. The van der Waals surface area contributed by atoms with Gasteiger partial charge < -0.3 is 20.1 Å². The molecule has 0 spiro atoms. The zero-order valence-corrected chi connectivity index (χ0v) is 25.7. The molecule has 3 N–H and O–H groups in total. The second kappa shape index (κ2) is 11.8. The average molecular weight is 536 g/mol. The van der Waals surface area contributed by atoms with E-state index < -0.39 is 15.9 Å². The van der Waals surface area contributed by atoms with Gasteiger partial charge in [0.15, 0.2) is 0 Å². The number of aliphatic hydroxyl groups is 2. The Kier molecular flexibility index (Phi) is 10.1. The van der Waals surface area contributed by atoms with Gasteiger partial charge in [0.25, 0.3) is 0 Å². The Balaban J connectivity index is 0.00000361. The van der Waals surface area contributed by atoms with Gasteiger partial charge in [0.1, 0.15) is 0 Å². The number of carbonyl (C=O) groups excluding carboxylic acids is 1. The molecule has 4 aliphatic carbocycles. The Labute approximate surface area is 240 Å². The number of nitrogens with one attached hydrogen (secondary N) is 1. The Bertz CT molecular complexity index is 885. The molecule has 4 saturated carbocycles. The van der Waals surface area contributed by atoms with Gasteiger partial charge in [-0.15, -0.1) is 0 Å². The summed E-state index contributed by atoms with van der Waals surface area (Å²) in [6.07, 6.45) is 6.73. The van der Waals surface area contributed by atoms with Crippen LogP contribution >= 0.6 is 0 Å². The van der Waals surface area contributed by atoms with E-state index >= 15 is 0 Å². The summed E-state index contributed by atoms with van der Waals surface area (Å²) in [5.74, 6) is 2.71. The standard InChI is InChI=1S/C27H47NO6S.Na/c1-5-18-21-14-17(29)8-9-27(21,4)22-12-16(3)24-19(6-7-20(24)25(22)26(18)31)15(2)13-23(30)28-10-11-35(32,33)34;/h15-22,24-26,29,31H,5-14H2,1-4H3,(H,28,30)(H,32,33,34);/q;+1/p-1/t15-,16-,17-,18-,19-,20-,21+,22+,24-,25+,26-,27+;/m1./s1. The number of aliphatic hydroxyl groups excluding tert-OH is 2. The van der Waals surface area contributed by atoms with Gasteiger partial charge in [0.2, 0.25) is 5.91 Å². The number of rotatable bonds is 7. The van der Waals surface area contributed by atoms with Crippen molar-refractivity contribution in [3.63, 3.8) is 0 Å². The number of fused-ring (bicyclic) bond motifs is 5. The summed E-state index contributed by atoms with van der Waals surface area (Å²) < 4.78 is 32.4. The molecule has 0 aromatic rings. The fourth-order valence-corrected chi connectivity index (χ4v) is 9.96. The molecule has 9 heteroatoms. The maximum atomic E-state index is 12.5. The molecular formula is C27H46NNaO6S. The Hall–Kier alpha value is 0.300. The molecule has 0 aromatic heterocycles. The van der Waals surface area contributed by atoms with E-state index in [4.69, 9.17) is 0 Å². The van der Waals surface area contributed by atoms with E-state index in [9.17, 15) is 28.0 Å². The van der Waals surface area contributed by atoms with Crippen LogP contribution in [0, 0.1) is 58.7 Å². The van der Waals surface area contributed by atoms with E-state index in [0.29, 0.717) is 47.8 Å². The topological polar surface area (TPSA) is 127 Å². The van der Waals surface area contributed by atoms with Crippen molar-refractivity contribution in [1.82, 2.24) is 5.32 Å². The van der Waals surface area contributed by atoms with Gasteiger partial charge in [0.05, 0.1) is 28.1 Å². The molecule has 202 valence electrons. The van der Waals surface area contributed by atoms with Crippen molar-refractivity contribution in [3.05, 3.63) is 0 Å². The Morgan fingerprint density at radius 2 is 1.83 bits per heavy atom. The van der Waals surface area contributed by atoms with Crippen molar-refractivity contribution in [1.29, 1.82) is 0 Å². The van der Waals surface area contributed by atoms with E-state index in [2.05, 4.69) is 33.0 Å². The molecule has 1 amide bonds. The van der Waals surface area contributed by atoms with Gasteiger partial charge in [0, 0.05) is 13.0 Å². The van der Waals surface area contributed by atoms with Crippen molar-refractivity contribution in [2.45, 2.75) is 91.3 Å². The molecule has 0 heterocycles. The van der Waals surface area contributed by atoms with Gasteiger partial charge in [-0.2, -0.15) is 0 Å². The van der Waals surface area contributed by atoms with Crippen molar-refractivity contribution >= 4 is 16.0 Å². The molecule has 4 aliphatic rings. The predicted molar refractivity (Wildman–Crippen MR) is 133 cm³/mol. The molecule has 0 saturated heterocycles. The summed E-state index contributed by atoms with van der Waals surface area (Å²) in [5.41, 5.74) is 0.175. The summed E-state index contributed by atoms with van der Waals surface area (Å²) in [6.45, 7) is 9.00. The molecule has 7 nitrogen and oxygen atoms in total. The van der Waals surface area contributed by atoms with E-state index in [1.807, 2.05) is 0 Å². The quantitative estimate of drug-likeness (QED) is 0.315. The molecular weight excluding hydrogens is 489 g/mol. The molecule has 0 aromatic carbocycles. The minimum Gasteiger partial charge on any atom is -0.748 e. The first-order valence-corrected chi connectivity index (χ1v) is 15.5. The molecule has 0 unspecified atom stereocenters. The van der Waals surface area contributed by atoms with Crippen LogP contribution in [0.1, 0.15) is 79.1 Å². The van der Waals surface area contributed by atoms with Crippen molar-refractivity contribution < 1.29 is 57.5 Å². The van der Waals surface area contributed by atoms with Crippen LogP contribution in [0.15, 0.2) is 0 Å². The predicted octanol–water partition coefficient (Wildman–Crippen LogP) is 0.161.